The smallest absolute Gasteiger partial charge is 0.0637 e. The maximum Gasteiger partial charge on any atom is 0.0637 e. The number of likely N-dealkylation sites (N-methyl/N-ethyl adjacent to an activating group) is 2. The monoisotopic (exact) mass is 228 g/mol. The average molecular weight is 228 g/mol. The second-order valence-electron chi connectivity index (χ2n) is 5.08. The summed E-state index contributed by atoms with van der Waals surface area (Å²) >= 11 is 0. The van der Waals surface area contributed by atoms with Crippen LogP contribution in [0.25, 0.3) is 0 Å². The molecule has 1 aliphatic rings. The summed E-state index contributed by atoms with van der Waals surface area (Å²) in [4.78, 5) is 2.57. The second-order valence-corrected chi connectivity index (χ2v) is 5.08. The largest absolute Gasteiger partial charge is 0.380 e. The third-order valence-corrected chi connectivity index (χ3v) is 3.27. The van der Waals surface area contributed by atoms with Crippen LogP contribution in [0.5, 0.6) is 0 Å². The van der Waals surface area contributed by atoms with Gasteiger partial charge in [0.1, 0.15) is 0 Å². The van der Waals surface area contributed by atoms with Gasteiger partial charge in [-0.25, -0.2) is 0 Å². The number of hydrogen-bond acceptors (Lipinski definition) is 3. The molecule has 0 aromatic rings. The third kappa shape index (κ3) is 4.04. The SMILES string of the molecule is CCNC1CCOCC1N(CC)CC(C)C. The van der Waals surface area contributed by atoms with E-state index in [-0.39, 0.29) is 0 Å². The van der Waals surface area contributed by atoms with Crippen LogP contribution in [0.1, 0.15) is 34.1 Å². The highest BCUT2D eigenvalue weighted by atomic mass is 16.5. The van der Waals surface area contributed by atoms with Gasteiger partial charge in [0.15, 0.2) is 0 Å². The van der Waals surface area contributed by atoms with Gasteiger partial charge in [0.05, 0.1) is 6.61 Å². The summed E-state index contributed by atoms with van der Waals surface area (Å²) in [5, 5.41) is 3.60. The highest BCUT2D eigenvalue weighted by molar-refractivity contribution is 4.87. The molecule has 2 unspecified atom stereocenters. The van der Waals surface area contributed by atoms with E-state index >= 15 is 0 Å². The van der Waals surface area contributed by atoms with Gasteiger partial charge in [-0.15, -0.1) is 0 Å². The van der Waals surface area contributed by atoms with Gasteiger partial charge in [-0.05, 0) is 25.4 Å². The molecule has 96 valence electrons. The van der Waals surface area contributed by atoms with Crippen molar-refractivity contribution >= 4 is 0 Å². The van der Waals surface area contributed by atoms with E-state index in [0.29, 0.717) is 12.1 Å². The molecule has 1 aliphatic heterocycles. The van der Waals surface area contributed by atoms with Gasteiger partial charge in [-0.2, -0.15) is 0 Å². The van der Waals surface area contributed by atoms with E-state index in [1.807, 2.05) is 0 Å². The molecule has 1 N–H and O–H groups in total. The fraction of sp³-hybridized carbons (Fsp3) is 1.00. The molecule has 0 spiro atoms. The second kappa shape index (κ2) is 7.25. The molecule has 0 aromatic heterocycles. The van der Waals surface area contributed by atoms with Crippen LogP contribution in [0.3, 0.4) is 0 Å². The maximum atomic E-state index is 5.64. The van der Waals surface area contributed by atoms with E-state index in [1.54, 1.807) is 0 Å². The lowest BCUT2D eigenvalue weighted by atomic mass is 10.0. The Labute approximate surface area is 101 Å². The first kappa shape index (κ1) is 13.9. The van der Waals surface area contributed by atoms with Crippen molar-refractivity contribution in [3.05, 3.63) is 0 Å². The summed E-state index contributed by atoms with van der Waals surface area (Å²) in [5.74, 6) is 0.726. The quantitative estimate of drug-likeness (QED) is 0.749. The fourth-order valence-electron chi connectivity index (χ4n) is 2.55. The average Bonchev–Trinajstić information content (AvgIpc) is 2.27. The van der Waals surface area contributed by atoms with Crippen molar-refractivity contribution in [1.29, 1.82) is 0 Å². The predicted molar refractivity (Wildman–Crippen MR) is 68.8 cm³/mol. The van der Waals surface area contributed by atoms with Crippen molar-refractivity contribution in [2.45, 2.75) is 46.2 Å². The first-order chi connectivity index (χ1) is 7.69. The minimum Gasteiger partial charge on any atom is -0.380 e. The van der Waals surface area contributed by atoms with Crippen LogP contribution in [0, 0.1) is 5.92 Å². The van der Waals surface area contributed by atoms with Crippen LogP contribution in [0.4, 0.5) is 0 Å². The highest BCUT2D eigenvalue weighted by Crippen LogP contribution is 2.15. The Morgan fingerprint density at radius 2 is 2.12 bits per heavy atom. The Hall–Kier alpha value is -0.120. The van der Waals surface area contributed by atoms with Crippen molar-refractivity contribution in [3.63, 3.8) is 0 Å². The van der Waals surface area contributed by atoms with E-state index in [0.717, 1.165) is 38.6 Å². The van der Waals surface area contributed by atoms with Crippen LogP contribution in [-0.2, 0) is 4.74 Å². The summed E-state index contributed by atoms with van der Waals surface area (Å²) in [6.07, 6.45) is 1.15. The molecule has 1 fully saturated rings. The first-order valence-corrected chi connectivity index (χ1v) is 6.74. The zero-order chi connectivity index (χ0) is 12.0. The Morgan fingerprint density at radius 3 is 2.69 bits per heavy atom. The van der Waals surface area contributed by atoms with E-state index in [2.05, 4.69) is 37.9 Å². The van der Waals surface area contributed by atoms with Gasteiger partial charge in [-0.3, -0.25) is 4.90 Å². The molecule has 0 aliphatic carbocycles. The number of nitrogens with zero attached hydrogens (tertiary/aromatic N) is 1. The van der Waals surface area contributed by atoms with Gasteiger partial charge in [-0.1, -0.05) is 27.7 Å². The molecule has 16 heavy (non-hydrogen) atoms. The zero-order valence-corrected chi connectivity index (χ0v) is 11.3. The van der Waals surface area contributed by atoms with E-state index in [1.165, 1.54) is 6.54 Å². The summed E-state index contributed by atoms with van der Waals surface area (Å²) < 4.78 is 5.64. The van der Waals surface area contributed by atoms with Gasteiger partial charge in [0.25, 0.3) is 0 Å². The zero-order valence-electron chi connectivity index (χ0n) is 11.3. The molecule has 3 heteroatoms. The van der Waals surface area contributed by atoms with Gasteiger partial charge in [0, 0.05) is 25.2 Å². The lowest BCUT2D eigenvalue weighted by Crippen LogP contribution is -2.56. The standard InChI is InChI=1S/C13H28N2O/c1-5-14-12-7-8-16-10-13(12)15(6-2)9-11(3)4/h11-14H,5-10H2,1-4H3. The molecular formula is C13H28N2O. The Balaban J connectivity index is 2.56. The molecule has 3 nitrogen and oxygen atoms in total. The predicted octanol–water partition coefficient (Wildman–Crippen LogP) is 1.73. The van der Waals surface area contributed by atoms with Crippen molar-refractivity contribution < 1.29 is 4.74 Å². The molecule has 2 atom stereocenters. The Bertz CT molecular complexity index is 183. The van der Waals surface area contributed by atoms with Crippen molar-refractivity contribution in [2.75, 3.05) is 32.8 Å². The van der Waals surface area contributed by atoms with Crippen molar-refractivity contribution in [2.24, 2.45) is 5.92 Å². The minimum absolute atomic E-state index is 0.557. The van der Waals surface area contributed by atoms with Crippen LogP contribution >= 0.6 is 0 Å². The minimum atomic E-state index is 0.557. The number of ether oxygens (including phenoxy) is 1. The normalized spacial score (nSPS) is 26.6. The number of nitrogens with one attached hydrogen (secondary N) is 1. The van der Waals surface area contributed by atoms with Crippen LogP contribution < -0.4 is 5.32 Å². The molecular weight excluding hydrogens is 200 g/mol. The Morgan fingerprint density at radius 1 is 1.38 bits per heavy atom. The summed E-state index contributed by atoms with van der Waals surface area (Å²) in [6, 6.07) is 1.17. The topological polar surface area (TPSA) is 24.5 Å². The molecule has 1 rings (SSSR count). The lowest BCUT2D eigenvalue weighted by molar-refractivity contribution is -0.00472. The molecule has 1 saturated heterocycles. The number of hydrogen-bond donors (Lipinski definition) is 1. The summed E-state index contributed by atoms with van der Waals surface area (Å²) in [5.41, 5.74) is 0. The molecule has 0 aromatic carbocycles. The summed E-state index contributed by atoms with van der Waals surface area (Å²) in [6.45, 7) is 14.2. The maximum absolute atomic E-state index is 5.64. The molecule has 0 amide bonds. The van der Waals surface area contributed by atoms with Crippen molar-refractivity contribution in [1.82, 2.24) is 10.2 Å². The molecule has 0 bridgehead atoms. The van der Waals surface area contributed by atoms with Gasteiger partial charge >= 0.3 is 0 Å². The van der Waals surface area contributed by atoms with Crippen molar-refractivity contribution in [3.8, 4) is 0 Å². The van der Waals surface area contributed by atoms with Gasteiger partial charge < -0.3 is 10.1 Å². The third-order valence-electron chi connectivity index (χ3n) is 3.27. The van der Waals surface area contributed by atoms with Crippen LogP contribution in [0.2, 0.25) is 0 Å². The fourth-order valence-corrected chi connectivity index (χ4v) is 2.55. The van der Waals surface area contributed by atoms with E-state index in [4.69, 9.17) is 4.74 Å². The lowest BCUT2D eigenvalue weighted by Gasteiger charge is -2.40. The van der Waals surface area contributed by atoms with E-state index in [9.17, 15) is 0 Å². The number of rotatable bonds is 6. The molecule has 1 heterocycles. The highest BCUT2D eigenvalue weighted by Gasteiger charge is 2.29. The Kier molecular flexibility index (Phi) is 6.32. The molecule has 0 saturated carbocycles. The van der Waals surface area contributed by atoms with Gasteiger partial charge in [0.2, 0.25) is 0 Å². The van der Waals surface area contributed by atoms with Crippen LogP contribution in [0.15, 0.2) is 0 Å². The first-order valence-electron chi connectivity index (χ1n) is 6.74. The van der Waals surface area contributed by atoms with E-state index < -0.39 is 0 Å². The molecule has 0 radical (unpaired) electrons. The van der Waals surface area contributed by atoms with Crippen LogP contribution in [-0.4, -0.2) is 49.8 Å². The summed E-state index contributed by atoms with van der Waals surface area (Å²) in [7, 11) is 0.